The molecule has 0 unspecified atom stereocenters. The van der Waals surface area contributed by atoms with Crippen LogP contribution in [0.4, 0.5) is 5.82 Å². The Bertz CT molecular complexity index is 1020. The highest BCUT2D eigenvalue weighted by molar-refractivity contribution is 5.87. The third-order valence-corrected chi connectivity index (χ3v) is 3.76. The Kier molecular flexibility index (Phi) is 3.16. The van der Waals surface area contributed by atoms with Crippen LogP contribution in [0.3, 0.4) is 0 Å². The normalized spacial score (nSPS) is 11.2. The van der Waals surface area contributed by atoms with Gasteiger partial charge in [0.25, 0.3) is 0 Å². The number of H-pyrrole nitrogens is 1. The van der Waals surface area contributed by atoms with E-state index in [1.807, 2.05) is 36.2 Å². The summed E-state index contributed by atoms with van der Waals surface area (Å²) in [6.07, 6.45) is 4.76. The van der Waals surface area contributed by atoms with Crippen molar-refractivity contribution in [2.75, 3.05) is 11.9 Å². The molecule has 8 heteroatoms. The highest BCUT2D eigenvalue weighted by atomic mass is 16.4. The first kappa shape index (κ1) is 14.2. The summed E-state index contributed by atoms with van der Waals surface area (Å²) in [4.78, 5) is 29.3. The van der Waals surface area contributed by atoms with E-state index < -0.39 is 5.97 Å². The molecule has 0 bridgehead atoms. The van der Waals surface area contributed by atoms with Crippen LogP contribution in [-0.4, -0.2) is 42.5 Å². The van der Waals surface area contributed by atoms with E-state index in [4.69, 9.17) is 5.11 Å². The Hall–Kier alpha value is -3.42. The molecule has 8 nitrogen and oxygen atoms in total. The van der Waals surface area contributed by atoms with Gasteiger partial charge in [0.15, 0.2) is 17.2 Å². The van der Waals surface area contributed by atoms with Gasteiger partial charge in [-0.2, -0.15) is 0 Å². The molecule has 4 rings (SSSR count). The first-order chi connectivity index (χ1) is 11.6. The summed E-state index contributed by atoms with van der Waals surface area (Å²) in [6, 6.07) is 7.81. The molecule has 120 valence electrons. The van der Waals surface area contributed by atoms with Gasteiger partial charge in [0.05, 0.1) is 17.6 Å². The second kappa shape index (κ2) is 5.34. The van der Waals surface area contributed by atoms with Crippen LogP contribution in [-0.2, 0) is 6.54 Å². The number of hydrogen-bond donors (Lipinski definition) is 2. The molecule has 0 atom stereocenters. The molecular formula is C16H14N6O2. The predicted octanol–water partition coefficient (Wildman–Crippen LogP) is 1.94. The molecule has 0 radical (unpaired) electrons. The quantitative estimate of drug-likeness (QED) is 0.595. The zero-order valence-corrected chi connectivity index (χ0v) is 12.8. The minimum Gasteiger partial charge on any atom is -0.476 e. The van der Waals surface area contributed by atoms with Gasteiger partial charge >= 0.3 is 5.97 Å². The third-order valence-electron chi connectivity index (χ3n) is 3.76. The van der Waals surface area contributed by atoms with E-state index in [0.29, 0.717) is 18.0 Å². The van der Waals surface area contributed by atoms with E-state index in [1.165, 1.54) is 6.20 Å². The first-order valence-electron chi connectivity index (χ1n) is 7.33. The summed E-state index contributed by atoms with van der Waals surface area (Å²) in [7, 11) is 1.87. The highest BCUT2D eigenvalue weighted by Gasteiger charge is 2.16. The standard InChI is InChI=1S/C16H14N6O2/c1-21(9-13-18-10-4-2-3-5-11(10)19-13)14-15-20-12(16(23)24)8-22(15)7-6-17-14/h2-8H,9H2,1H3,(H,18,19)(H,23,24). The minimum absolute atomic E-state index is 0.0126. The molecule has 0 saturated heterocycles. The maximum absolute atomic E-state index is 11.1. The van der Waals surface area contributed by atoms with E-state index in [9.17, 15) is 4.79 Å². The number of nitrogens with one attached hydrogen (secondary N) is 1. The van der Waals surface area contributed by atoms with E-state index in [-0.39, 0.29) is 5.69 Å². The van der Waals surface area contributed by atoms with Crippen LogP contribution < -0.4 is 4.90 Å². The van der Waals surface area contributed by atoms with Gasteiger partial charge in [-0.25, -0.2) is 19.7 Å². The van der Waals surface area contributed by atoms with Crippen LogP contribution in [0, 0.1) is 0 Å². The van der Waals surface area contributed by atoms with Crippen molar-refractivity contribution in [3.63, 3.8) is 0 Å². The van der Waals surface area contributed by atoms with E-state index in [2.05, 4.69) is 19.9 Å². The van der Waals surface area contributed by atoms with Crippen molar-refractivity contribution >= 4 is 28.5 Å². The number of carbonyl (C=O) groups is 1. The molecule has 4 aromatic rings. The highest BCUT2D eigenvalue weighted by Crippen LogP contribution is 2.19. The zero-order chi connectivity index (χ0) is 16.7. The summed E-state index contributed by atoms with van der Waals surface area (Å²) in [6.45, 7) is 0.497. The molecule has 3 aromatic heterocycles. The Morgan fingerprint density at radius 3 is 2.96 bits per heavy atom. The van der Waals surface area contributed by atoms with Crippen LogP contribution >= 0.6 is 0 Å². The monoisotopic (exact) mass is 322 g/mol. The fraction of sp³-hybridized carbons (Fsp3) is 0.125. The molecule has 3 heterocycles. The first-order valence-corrected chi connectivity index (χ1v) is 7.33. The summed E-state index contributed by atoms with van der Waals surface area (Å²) in [5.74, 6) is 0.322. The lowest BCUT2D eigenvalue weighted by atomic mass is 10.3. The fourth-order valence-corrected chi connectivity index (χ4v) is 2.66. The molecule has 0 amide bonds. The number of fused-ring (bicyclic) bond motifs is 2. The summed E-state index contributed by atoms with van der Waals surface area (Å²) >= 11 is 0. The maximum Gasteiger partial charge on any atom is 0.356 e. The molecule has 0 aliphatic rings. The molecule has 0 spiro atoms. The number of carboxylic acid groups (broad SMARTS) is 1. The molecule has 0 saturated carbocycles. The number of anilines is 1. The number of carboxylic acids is 1. The topological polar surface area (TPSA) is 99.4 Å². The zero-order valence-electron chi connectivity index (χ0n) is 12.8. The van der Waals surface area contributed by atoms with E-state index >= 15 is 0 Å². The number of hydrogen-bond acceptors (Lipinski definition) is 5. The number of benzene rings is 1. The second-order valence-corrected chi connectivity index (χ2v) is 5.47. The van der Waals surface area contributed by atoms with Crippen molar-refractivity contribution in [1.29, 1.82) is 0 Å². The van der Waals surface area contributed by atoms with Crippen molar-refractivity contribution in [3.8, 4) is 0 Å². The Morgan fingerprint density at radius 1 is 1.33 bits per heavy atom. The summed E-state index contributed by atoms with van der Waals surface area (Å²) in [5.41, 5.74) is 2.36. The van der Waals surface area contributed by atoms with Gasteiger partial charge in [-0.05, 0) is 12.1 Å². The van der Waals surface area contributed by atoms with E-state index in [0.717, 1.165) is 16.9 Å². The number of imidazole rings is 2. The number of aromatic carboxylic acids is 1. The minimum atomic E-state index is -1.07. The largest absolute Gasteiger partial charge is 0.476 e. The van der Waals surface area contributed by atoms with E-state index in [1.54, 1.807) is 16.8 Å². The smallest absolute Gasteiger partial charge is 0.356 e. The van der Waals surface area contributed by atoms with Crippen molar-refractivity contribution in [2.45, 2.75) is 6.54 Å². The molecule has 0 aliphatic heterocycles. The molecule has 0 aliphatic carbocycles. The lowest BCUT2D eigenvalue weighted by Gasteiger charge is -2.16. The van der Waals surface area contributed by atoms with Crippen molar-refractivity contribution in [1.82, 2.24) is 24.3 Å². The molecule has 0 fully saturated rings. The molecule has 2 N–H and O–H groups in total. The number of aromatic nitrogens is 5. The lowest BCUT2D eigenvalue weighted by Crippen LogP contribution is -2.19. The molecule has 24 heavy (non-hydrogen) atoms. The number of rotatable bonds is 4. The van der Waals surface area contributed by atoms with Crippen LogP contribution in [0.5, 0.6) is 0 Å². The Morgan fingerprint density at radius 2 is 2.17 bits per heavy atom. The van der Waals surface area contributed by atoms with Gasteiger partial charge < -0.3 is 19.4 Å². The van der Waals surface area contributed by atoms with Gasteiger partial charge in [0.1, 0.15) is 5.82 Å². The lowest BCUT2D eigenvalue weighted by molar-refractivity contribution is 0.0691. The van der Waals surface area contributed by atoms with Gasteiger partial charge in [-0.3, -0.25) is 0 Å². The number of nitrogens with zero attached hydrogens (tertiary/aromatic N) is 5. The number of aromatic amines is 1. The van der Waals surface area contributed by atoms with Crippen LogP contribution in [0.2, 0.25) is 0 Å². The summed E-state index contributed by atoms with van der Waals surface area (Å²) in [5, 5.41) is 9.11. The average Bonchev–Trinajstić information content (AvgIpc) is 3.17. The Labute approximate surface area is 136 Å². The van der Waals surface area contributed by atoms with Gasteiger partial charge in [-0.15, -0.1) is 0 Å². The van der Waals surface area contributed by atoms with Gasteiger partial charge in [-0.1, -0.05) is 12.1 Å². The fourth-order valence-electron chi connectivity index (χ4n) is 2.66. The van der Waals surface area contributed by atoms with Crippen molar-refractivity contribution in [2.24, 2.45) is 0 Å². The molecule has 1 aromatic carbocycles. The second-order valence-electron chi connectivity index (χ2n) is 5.47. The van der Waals surface area contributed by atoms with Gasteiger partial charge in [0.2, 0.25) is 0 Å². The third kappa shape index (κ3) is 2.34. The number of para-hydroxylation sites is 2. The Balaban J connectivity index is 1.69. The predicted molar refractivity (Wildman–Crippen MR) is 88.1 cm³/mol. The van der Waals surface area contributed by atoms with Crippen molar-refractivity contribution in [3.05, 3.63) is 54.4 Å². The van der Waals surface area contributed by atoms with Crippen LogP contribution in [0.15, 0.2) is 42.9 Å². The van der Waals surface area contributed by atoms with Crippen LogP contribution in [0.25, 0.3) is 16.7 Å². The van der Waals surface area contributed by atoms with Crippen LogP contribution in [0.1, 0.15) is 16.3 Å². The van der Waals surface area contributed by atoms with Gasteiger partial charge in [0, 0.05) is 25.6 Å². The van der Waals surface area contributed by atoms with Crippen molar-refractivity contribution < 1.29 is 9.90 Å². The molecular weight excluding hydrogens is 308 g/mol. The SMILES string of the molecule is CN(Cc1nc2ccccc2[nH]1)c1nccn2cc(C(=O)O)nc12. The maximum atomic E-state index is 11.1. The summed E-state index contributed by atoms with van der Waals surface area (Å²) < 4.78 is 1.65. The average molecular weight is 322 g/mol.